The molecule has 0 fully saturated rings. The minimum absolute atomic E-state index is 0.0806. The molecule has 0 unspecified atom stereocenters. The van der Waals surface area contributed by atoms with Crippen LogP contribution in [0.2, 0.25) is 0 Å². The van der Waals surface area contributed by atoms with Gasteiger partial charge in [-0.2, -0.15) is 0 Å². The van der Waals surface area contributed by atoms with Crippen LogP contribution < -0.4 is 5.32 Å². The second-order valence-corrected chi connectivity index (χ2v) is 4.60. The maximum absolute atomic E-state index is 13.9. The van der Waals surface area contributed by atoms with Gasteiger partial charge in [0, 0.05) is 7.05 Å². The Morgan fingerprint density at radius 3 is 2.89 bits per heavy atom. The lowest BCUT2D eigenvalue weighted by atomic mass is 10.2. The largest absolute Gasteiger partial charge is 0.478 e. The van der Waals surface area contributed by atoms with Crippen molar-refractivity contribution in [2.24, 2.45) is 7.05 Å². The predicted molar refractivity (Wildman–Crippen MR) is 69.4 cm³/mol. The highest BCUT2D eigenvalue weighted by atomic mass is 79.9. The third-order valence-electron chi connectivity index (χ3n) is 2.55. The quantitative estimate of drug-likeness (QED) is 0.897. The first-order chi connectivity index (χ1) is 9.00. The Labute approximate surface area is 116 Å². The van der Waals surface area contributed by atoms with Gasteiger partial charge in [-0.25, -0.2) is 9.18 Å². The van der Waals surface area contributed by atoms with Gasteiger partial charge in [-0.15, -0.1) is 10.2 Å². The van der Waals surface area contributed by atoms with E-state index in [1.54, 1.807) is 11.6 Å². The van der Waals surface area contributed by atoms with Crippen molar-refractivity contribution in [2.45, 2.75) is 6.54 Å². The molecule has 8 heteroatoms. The average Bonchev–Trinajstić information content (AvgIpc) is 2.76. The molecule has 6 nitrogen and oxygen atoms in total. The Morgan fingerprint density at radius 1 is 1.58 bits per heavy atom. The van der Waals surface area contributed by atoms with Gasteiger partial charge in [-0.3, -0.25) is 0 Å². The highest BCUT2D eigenvalue weighted by Gasteiger charge is 2.15. The molecule has 0 aliphatic rings. The summed E-state index contributed by atoms with van der Waals surface area (Å²) in [5.74, 6) is -1.20. The first-order valence-corrected chi connectivity index (χ1v) is 6.08. The van der Waals surface area contributed by atoms with E-state index in [9.17, 15) is 9.18 Å². The summed E-state index contributed by atoms with van der Waals surface area (Å²) in [7, 11) is 1.77. The number of hydrogen-bond acceptors (Lipinski definition) is 4. The van der Waals surface area contributed by atoms with Crippen LogP contribution >= 0.6 is 15.9 Å². The van der Waals surface area contributed by atoms with E-state index in [4.69, 9.17) is 5.11 Å². The predicted octanol–water partition coefficient (Wildman–Crippen LogP) is 2.03. The van der Waals surface area contributed by atoms with E-state index in [1.165, 1.54) is 18.5 Å². The van der Waals surface area contributed by atoms with Gasteiger partial charge in [0.05, 0.1) is 22.3 Å². The number of benzene rings is 1. The number of halogens is 2. The molecule has 1 aromatic carbocycles. The standard InChI is InChI=1S/C11H10BrFN4O2/c1-17-5-15-16-8(17)4-14-7-3-2-6(11(18)19)9(12)10(7)13/h2-3,5,14H,4H2,1H3,(H,18,19). The fraction of sp³-hybridized carbons (Fsp3) is 0.182. The van der Waals surface area contributed by atoms with Crippen LogP contribution in [0.5, 0.6) is 0 Å². The van der Waals surface area contributed by atoms with Crippen molar-refractivity contribution in [3.8, 4) is 0 Å². The van der Waals surface area contributed by atoms with Gasteiger partial charge in [0.1, 0.15) is 6.33 Å². The first-order valence-electron chi connectivity index (χ1n) is 5.28. The number of carboxylic acids is 1. The molecule has 0 aliphatic heterocycles. The fourth-order valence-corrected chi connectivity index (χ4v) is 2.01. The third-order valence-corrected chi connectivity index (χ3v) is 3.33. The number of aromatic nitrogens is 3. The SMILES string of the molecule is Cn1cnnc1CNc1ccc(C(=O)O)c(Br)c1F. The van der Waals surface area contributed by atoms with Crippen molar-refractivity contribution in [3.63, 3.8) is 0 Å². The molecule has 2 aromatic rings. The summed E-state index contributed by atoms with van der Waals surface area (Å²) in [5.41, 5.74) is 0.0709. The van der Waals surface area contributed by atoms with Gasteiger partial charge in [0.2, 0.25) is 0 Å². The molecule has 0 spiro atoms. The maximum atomic E-state index is 13.9. The minimum Gasteiger partial charge on any atom is -0.478 e. The summed E-state index contributed by atoms with van der Waals surface area (Å²) < 4.78 is 15.6. The summed E-state index contributed by atoms with van der Waals surface area (Å²) in [6, 6.07) is 2.70. The van der Waals surface area contributed by atoms with Crippen LogP contribution in [-0.2, 0) is 13.6 Å². The molecule has 0 aliphatic carbocycles. The van der Waals surface area contributed by atoms with Crippen LogP contribution in [0.3, 0.4) is 0 Å². The lowest BCUT2D eigenvalue weighted by Gasteiger charge is -2.09. The maximum Gasteiger partial charge on any atom is 0.336 e. The number of anilines is 1. The van der Waals surface area contributed by atoms with E-state index in [2.05, 4.69) is 31.4 Å². The molecule has 0 saturated carbocycles. The van der Waals surface area contributed by atoms with E-state index in [1.807, 2.05) is 0 Å². The number of aromatic carboxylic acids is 1. The summed E-state index contributed by atoms with van der Waals surface area (Å²) in [6.45, 7) is 0.284. The number of nitrogens with zero attached hydrogens (tertiary/aromatic N) is 3. The molecule has 0 bridgehead atoms. The van der Waals surface area contributed by atoms with Gasteiger partial charge < -0.3 is 15.0 Å². The molecule has 0 atom stereocenters. The molecule has 0 radical (unpaired) electrons. The summed E-state index contributed by atoms with van der Waals surface area (Å²) in [6.07, 6.45) is 1.54. The summed E-state index contributed by atoms with van der Waals surface area (Å²) >= 11 is 2.94. The van der Waals surface area contributed by atoms with E-state index in [-0.39, 0.29) is 22.3 Å². The topological polar surface area (TPSA) is 80.0 Å². The van der Waals surface area contributed by atoms with Gasteiger partial charge in [0.25, 0.3) is 0 Å². The molecule has 100 valence electrons. The van der Waals surface area contributed by atoms with Crippen molar-refractivity contribution in [3.05, 3.63) is 40.1 Å². The van der Waals surface area contributed by atoms with Crippen molar-refractivity contribution >= 4 is 27.6 Å². The number of nitrogens with one attached hydrogen (secondary N) is 1. The van der Waals surface area contributed by atoms with E-state index < -0.39 is 11.8 Å². The first kappa shape index (κ1) is 13.5. The van der Waals surface area contributed by atoms with Gasteiger partial charge in [-0.05, 0) is 28.1 Å². The second kappa shape index (κ2) is 5.35. The van der Waals surface area contributed by atoms with Crippen LogP contribution in [0.25, 0.3) is 0 Å². The van der Waals surface area contributed by atoms with Crippen LogP contribution in [0, 0.1) is 5.82 Å². The van der Waals surface area contributed by atoms with Crippen LogP contribution in [0.4, 0.5) is 10.1 Å². The smallest absolute Gasteiger partial charge is 0.336 e. The Balaban J connectivity index is 2.20. The Morgan fingerprint density at radius 2 is 2.32 bits per heavy atom. The Kier molecular flexibility index (Phi) is 3.79. The van der Waals surface area contributed by atoms with Crippen LogP contribution in [0.15, 0.2) is 22.9 Å². The van der Waals surface area contributed by atoms with Gasteiger partial charge >= 0.3 is 5.97 Å². The lowest BCUT2D eigenvalue weighted by molar-refractivity contribution is 0.0695. The number of carbonyl (C=O) groups is 1. The van der Waals surface area contributed by atoms with Crippen LogP contribution in [-0.4, -0.2) is 25.8 Å². The fourth-order valence-electron chi connectivity index (χ4n) is 1.49. The van der Waals surface area contributed by atoms with Crippen molar-refractivity contribution < 1.29 is 14.3 Å². The van der Waals surface area contributed by atoms with E-state index in [0.717, 1.165) is 0 Å². The van der Waals surface area contributed by atoms with Gasteiger partial charge in [-0.1, -0.05) is 0 Å². The zero-order valence-electron chi connectivity index (χ0n) is 9.89. The van der Waals surface area contributed by atoms with E-state index >= 15 is 0 Å². The molecular weight excluding hydrogens is 319 g/mol. The number of aryl methyl sites for hydroxylation is 1. The Bertz CT molecular complexity index is 629. The lowest BCUT2D eigenvalue weighted by Crippen LogP contribution is -2.08. The van der Waals surface area contributed by atoms with Gasteiger partial charge in [0.15, 0.2) is 11.6 Å². The monoisotopic (exact) mass is 328 g/mol. The van der Waals surface area contributed by atoms with Crippen LogP contribution in [0.1, 0.15) is 16.2 Å². The molecule has 19 heavy (non-hydrogen) atoms. The molecule has 0 saturated heterocycles. The number of carboxylic acid groups (broad SMARTS) is 1. The molecule has 2 N–H and O–H groups in total. The zero-order chi connectivity index (χ0) is 14.0. The number of hydrogen-bond donors (Lipinski definition) is 2. The van der Waals surface area contributed by atoms with Crippen molar-refractivity contribution in [1.29, 1.82) is 0 Å². The highest BCUT2D eigenvalue weighted by Crippen LogP contribution is 2.27. The molecule has 1 aromatic heterocycles. The second-order valence-electron chi connectivity index (χ2n) is 3.81. The van der Waals surface area contributed by atoms with Crippen molar-refractivity contribution in [2.75, 3.05) is 5.32 Å². The molecule has 0 amide bonds. The minimum atomic E-state index is -1.19. The zero-order valence-corrected chi connectivity index (χ0v) is 11.5. The van der Waals surface area contributed by atoms with E-state index in [0.29, 0.717) is 5.82 Å². The normalized spacial score (nSPS) is 10.5. The Hall–Kier alpha value is -1.96. The molecular formula is C11H10BrFN4O2. The third kappa shape index (κ3) is 2.73. The molecule has 1 heterocycles. The highest BCUT2D eigenvalue weighted by molar-refractivity contribution is 9.10. The summed E-state index contributed by atoms with van der Waals surface area (Å²) in [5, 5.41) is 19.3. The van der Waals surface area contributed by atoms with Crippen molar-refractivity contribution in [1.82, 2.24) is 14.8 Å². The molecule has 2 rings (SSSR count). The summed E-state index contributed by atoms with van der Waals surface area (Å²) in [4.78, 5) is 10.8. The number of rotatable bonds is 4. The average molecular weight is 329 g/mol.